The molecule has 20 heavy (non-hydrogen) atoms. The van der Waals surface area contributed by atoms with Crippen LogP contribution < -0.4 is 0 Å². The van der Waals surface area contributed by atoms with Gasteiger partial charge in [0.1, 0.15) is 12.6 Å². The fourth-order valence-electron chi connectivity index (χ4n) is 2.30. The highest BCUT2D eigenvalue weighted by molar-refractivity contribution is 5.76. The number of benzene rings is 1. The first-order valence-electron chi connectivity index (χ1n) is 6.52. The van der Waals surface area contributed by atoms with E-state index < -0.39 is 18.3 Å². The molecule has 0 saturated carbocycles. The molecule has 3 nitrogen and oxygen atoms in total. The number of carbonyl (C=O) groups excluding carboxylic acids is 1. The molecular formula is C14H16F3NO2. The lowest BCUT2D eigenvalue weighted by Gasteiger charge is -2.34. The molecular weight excluding hydrogens is 271 g/mol. The Labute approximate surface area is 115 Å². The van der Waals surface area contributed by atoms with Crippen molar-refractivity contribution in [2.75, 3.05) is 6.54 Å². The molecule has 6 heteroatoms. The summed E-state index contributed by atoms with van der Waals surface area (Å²) in [6.07, 6.45) is -3.25. The molecule has 0 bridgehead atoms. The number of nitrogens with zero attached hydrogens (tertiary/aromatic N) is 1. The molecule has 2 rings (SSSR count). The van der Waals surface area contributed by atoms with Crippen LogP contribution >= 0.6 is 0 Å². The lowest BCUT2D eigenvalue weighted by atomic mass is 10.0. The van der Waals surface area contributed by atoms with Crippen LogP contribution in [0.25, 0.3) is 0 Å². The van der Waals surface area contributed by atoms with Gasteiger partial charge in [0.2, 0.25) is 0 Å². The summed E-state index contributed by atoms with van der Waals surface area (Å²) in [6, 6.07) is 7.69. The normalized spacial score (nSPS) is 20.6. The molecule has 0 aliphatic carbocycles. The van der Waals surface area contributed by atoms with Crippen LogP contribution in [0.3, 0.4) is 0 Å². The minimum absolute atomic E-state index is 0.00186. The van der Waals surface area contributed by atoms with E-state index in [1.807, 2.05) is 6.07 Å². The second kappa shape index (κ2) is 6.26. The van der Waals surface area contributed by atoms with E-state index in [1.54, 1.807) is 24.3 Å². The molecule has 1 aromatic carbocycles. The summed E-state index contributed by atoms with van der Waals surface area (Å²) < 4.78 is 43.5. The Kier molecular flexibility index (Phi) is 4.65. The van der Waals surface area contributed by atoms with E-state index in [2.05, 4.69) is 0 Å². The molecule has 110 valence electrons. The first kappa shape index (κ1) is 14.8. The monoisotopic (exact) mass is 287 g/mol. The van der Waals surface area contributed by atoms with Crippen LogP contribution in [0.4, 0.5) is 13.2 Å². The van der Waals surface area contributed by atoms with Crippen LogP contribution in [-0.4, -0.2) is 29.8 Å². The van der Waals surface area contributed by atoms with Crippen LogP contribution in [0.2, 0.25) is 0 Å². The van der Waals surface area contributed by atoms with E-state index in [1.165, 1.54) is 0 Å². The molecule has 1 aliphatic heterocycles. The number of ether oxygens (including phenoxy) is 1. The summed E-state index contributed by atoms with van der Waals surface area (Å²) in [5, 5.41) is 0. The number of alkyl halides is 3. The van der Waals surface area contributed by atoms with Gasteiger partial charge < -0.3 is 4.74 Å². The smallest absolute Gasteiger partial charge is 0.460 e. The number of hydrogen-bond acceptors (Lipinski definition) is 3. The third kappa shape index (κ3) is 3.72. The van der Waals surface area contributed by atoms with Crippen molar-refractivity contribution in [3.63, 3.8) is 0 Å². The van der Waals surface area contributed by atoms with Crippen LogP contribution in [-0.2, 0) is 16.1 Å². The third-order valence-corrected chi connectivity index (χ3v) is 3.32. The van der Waals surface area contributed by atoms with E-state index in [4.69, 9.17) is 4.74 Å². The van der Waals surface area contributed by atoms with Gasteiger partial charge in [0.25, 0.3) is 0 Å². The SMILES string of the molecule is O=C(OCc1ccccc1)[C@@H]1CCCCN1C(F)(F)F. The van der Waals surface area contributed by atoms with E-state index in [0.29, 0.717) is 12.8 Å². The molecule has 0 aromatic heterocycles. The van der Waals surface area contributed by atoms with Gasteiger partial charge in [-0.1, -0.05) is 36.8 Å². The highest BCUT2D eigenvalue weighted by atomic mass is 19.4. The van der Waals surface area contributed by atoms with Gasteiger partial charge in [-0.05, 0) is 18.4 Å². The molecule has 0 unspecified atom stereocenters. The molecule has 1 saturated heterocycles. The van der Waals surface area contributed by atoms with Gasteiger partial charge >= 0.3 is 12.3 Å². The maximum Gasteiger partial charge on any atom is 0.460 e. The molecule has 1 fully saturated rings. The Hall–Kier alpha value is -1.56. The lowest BCUT2D eigenvalue weighted by molar-refractivity contribution is -0.265. The van der Waals surface area contributed by atoms with Crippen molar-refractivity contribution >= 4 is 5.97 Å². The molecule has 0 N–H and O–H groups in total. The summed E-state index contributed by atoms with van der Waals surface area (Å²) in [5.74, 6) is -0.800. The second-order valence-electron chi connectivity index (χ2n) is 4.77. The van der Waals surface area contributed by atoms with E-state index in [-0.39, 0.29) is 24.5 Å². The Morgan fingerprint density at radius 2 is 1.95 bits per heavy atom. The quantitative estimate of drug-likeness (QED) is 0.632. The van der Waals surface area contributed by atoms with Gasteiger partial charge in [-0.2, -0.15) is 13.2 Å². The average Bonchev–Trinajstić information content (AvgIpc) is 2.45. The lowest BCUT2D eigenvalue weighted by Crippen LogP contribution is -2.52. The summed E-state index contributed by atoms with van der Waals surface area (Å²) in [4.78, 5) is 12.1. The standard InChI is InChI=1S/C14H16F3NO2/c15-14(16,17)18-9-5-4-8-12(18)13(19)20-10-11-6-2-1-3-7-11/h1-3,6-7,12H,4-5,8-10H2/t12-/m0/s1. The number of halogens is 3. The molecule has 1 aliphatic rings. The number of likely N-dealkylation sites (tertiary alicyclic amines) is 1. The van der Waals surface area contributed by atoms with Gasteiger partial charge in [-0.3, -0.25) is 4.79 Å². The molecule has 0 radical (unpaired) electrons. The molecule has 0 amide bonds. The number of esters is 1. The minimum atomic E-state index is -4.49. The van der Waals surface area contributed by atoms with E-state index in [9.17, 15) is 18.0 Å². The Morgan fingerprint density at radius 1 is 1.25 bits per heavy atom. The predicted molar refractivity (Wildman–Crippen MR) is 66.6 cm³/mol. The summed E-state index contributed by atoms with van der Waals surface area (Å²) >= 11 is 0. The van der Waals surface area contributed by atoms with Crippen LogP contribution in [0.1, 0.15) is 24.8 Å². The van der Waals surface area contributed by atoms with Crippen molar-refractivity contribution in [2.24, 2.45) is 0 Å². The zero-order chi connectivity index (χ0) is 14.6. The first-order valence-corrected chi connectivity index (χ1v) is 6.52. The zero-order valence-electron chi connectivity index (χ0n) is 10.9. The Bertz CT molecular complexity index is 447. The van der Waals surface area contributed by atoms with Crippen molar-refractivity contribution in [1.29, 1.82) is 0 Å². The number of piperidine rings is 1. The number of rotatable bonds is 3. The van der Waals surface area contributed by atoms with Gasteiger partial charge in [0.15, 0.2) is 0 Å². The number of hydrogen-bond donors (Lipinski definition) is 0. The zero-order valence-corrected chi connectivity index (χ0v) is 10.9. The minimum Gasteiger partial charge on any atom is -0.460 e. The van der Waals surface area contributed by atoms with E-state index >= 15 is 0 Å². The van der Waals surface area contributed by atoms with Gasteiger partial charge in [0.05, 0.1) is 0 Å². The summed E-state index contributed by atoms with van der Waals surface area (Å²) in [7, 11) is 0. The highest BCUT2D eigenvalue weighted by Gasteiger charge is 2.46. The third-order valence-electron chi connectivity index (χ3n) is 3.32. The van der Waals surface area contributed by atoms with Gasteiger partial charge in [-0.15, -0.1) is 0 Å². The van der Waals surface area contributed by atoms with Crippen molar-refractivity contribution in [1.82, 2.24) is 4.90 Å². The fourth-order valence-corrected chi connectivity index (χ4v) is 2.30. The number of carbonyl (C=O) groups is 1. The largest absolute Gasteiger partial charge is 0.460 e. The topological polar surface area (TPSA) is 29.5 Å². The average molecular weight is 287 g/mol. The highest BCUT2D eigenvalue weighted by Crippen LogP contribution is 2.30. The maximum absolute atomic E-state index is 12.8. The van der Waals surface area contributed by atoms with E-state index in [0.717, 1.165) is 5.56 Å². The summed E-state index contributed by atoms with van der Waals surface area (Å²) in [5.41, 5.74) is 0.759. The molecule has 0 spiro atoms. The van der Waals surface area contributed by atoms with Gasteiger partial charge in [0, 0.05) is 6.54 Å². The Balaban J connectivity index is 1.96. The molecule has 1 atom stereocenters. The first-order chi connectivity index (χ1) is 9.48. The van der Waals surface area contributed by atoms with Crippen molar-refractivity contribution in [3.05, 3.63) is 35.9 Å². The van der Waals surface area contributed by atoms with Crippen molar-refractivity contribution in [3.8, 4) is 0 Å². The fraction of sp³-hybridized carbons (Fsp3) is 0.500. The second-order valence-corrected chi connectivity index (χ2v) is 4.77. The summed E-state index contributed by atoms with van der Waals surface area (Å²) in [6.45, 7) is -0.142. The van der Waals surface area contributed by atoms with Gasteiger partial charge in [-0.25, -0.2) is 4.90 Å². The van der Waals surface area contributed by atoms with Crippen LogP contribution in [0, 0.1) is 0 Å². The van der Waals surface area contributed by atoms with Crippen LogP contribution in [0.15, 0.2) is 30.3 Å². The molecule has 1 heterocycles. The molecule has 1 aromatic rings. The Morgan fingerprint density at radius 3 is 2.60 bits per heavy atom. The van der Waals surface area contributed by atoms with Crippen molar-refractivity contribution < 1.29 is 22.7 Å². The predicted octanol–water partition coefficient (Wildman–Crippen LogP) is 3.10. The maximum atomic E-state index is 12.8. The van der Waals surface area contributed by atoms with Crippen molar-refractivity contribution in [2.45, 2.75) is 38.2 Å². The van der Waals surface area contributed by atoms with Crippen LogP contribution in [0.5, 0.6) is 0 Å².